The Balaban J connectivity index is 1.84. The molecule has 0 bridgehead atoms. The van der Waals surface area contributed by atoms with Crippen molar-refractivity contribution in [2.45, 2.75) is 39.2 Å². The van der Waals surface area contributed by atoms with E-state index >= 15 is 0 Å². The van der Waals surface area contributed by atoms with Crippen LogP contribution in [-0.2, 0) is 4.79 Å². The fraction of sp³-hybridized carbons (Fsp3) is 0.444. The van der Waals surface area contributed by atoms with Crippen molar-refractivity contribution in [2.75, 3.05) is 11.9 Å². The maximum Gasteiger partial charge on any atom is 0.223 e. The number of carbonyl (C=O) groups is 1. The van der Waals surface area contributed by atoms with E-state index < -0.39 is 0 Å². The standard InChI is InChI=1S/C18H23N5O/c1-13(2)12-16(24)23-11-5-6-14(23)17-18(21-10-9-20-17)22-15-7-3-4-8-19-15/h3-4,7-10,13-14H,5-6,11-12H2,1-2H3,(H,19,21,22)/t14-/m1/s1. The van der Waals surface area contributed by atoms with E-state index in [1.807, 2.05) is 23.1 Å². The van der Waals surface area contributed by atoms with Crippen LogP contribution >= 0.6 is 0 Å². The summed E-state index contributed by atoms with van der Waals surface area (Å²) in [4.78, 5) is 27.7. The number of nitrogens with zero attached hydrogens (tertiary/aromatic N) is 4. The molecule has 1 aliphatic heterocycles. The molecule has 1 atom stereocenters. The summed E-state index contributed by atoms with van der Waals surface area (Å²) >= 11 is 0. The average molecular weight is 325 g/mol. The van der Waals surface area contributed by atoms with Crippen LogP contribution in [-0.4, -0.2) is 32.3 Å². The Morgan fingerprint density at radius 2 is 2.08 bits per heavy atom. The van der Waals surface area contributed by atoms with Crippen molar-refractivity contribution in [3.8, 4) is 0 Å². The first kappa shape index (κ1) is 16.4. The van der Waals surface area contributed by atoms with E-state index in [4.69, 9.17) is 0 Å². The van der Waals surface area contributed by atoms with Gasteiger partial charge in [-0.15, -0.1) is 0 Å². The Hall–Kier alpha value is -2.50. The molecule has 3 rings (SSSR count). The van der Waals surface area contributed by atoms with E-state index in [2.05, 4.69) is 34.1 Å². The molecule has 0 unspecified atom stereocenters. The molecule has 0 radical (unpaired) electrons. The van der Waals surface area contributed by atoms with Gasteiger partial charge in [0.25, 0.3) is 0 Å². The van der Waals surface area contributed by atoms with E-state index in [9.17, 15) is 4.79 Å². The topological polar surface area (TPSA) is 71.0 Å². The minimum absolute atomic E-state index is 0.0174. The number of anilines is 2. The first-order chi connectivity index (χ1) is 11.6. The summed E-state index contributed by atoms with van der Waals surface area (Å²) in [7, 11) is 0. The van der Waals surface area contributed by atoms with Crippen molar-refractivity contribution < 1.29 is 4.79 Å². The second-order valence-electron chi connectivity index (χ2n) is 6.47. The molecule has 0 saturated carbocycles. The number of pyridine rings is 1. The summed E-state index contributed by atoms with van der Waals surface area (Å²) in [6, 6.07) is 5.65. The van der Waals surface area contributed by atoms with E-state index in [-0.39, 0.29) is 11.9 Å². The monoisotopic (exact) mass is 325 g/mol. The Kier molecular flexibility index (Phi) is 5.03. The molecule has 1 saturated heterocycles. The maximum atomic E-state index is 12.6. The van der Waals surface area contributed by atoms with Crippen LogP contribution in [0, 0.1) is 5.92 Å². The van der Waals surface area contributed by atoms with Crippen molar-refractivity contribution in [3.05, 3.63) is 42.5 Å². The van der Waals surface area contributed by atoms with Gasteiger partial charge in [-0.3, -0.25) is 9.78 Å². The van der Waals surface area contributed by atoms with Gasteiger partial charge in [-0.1, -0.05) is 19.9 Å². The SMILES string of the molecule is CC(C)CC(=O)N1CCC[C@@H]1c1nccnc1Nc1ccccn1. The highest BCUT2D eigenvalue weighted by molar-refractivity contribution is 5.77. The predicted molar refractivity (Wildman–Crippen MR) is 92.7 cm³/mol. The molecular formula is C18H23N5O. The third-order valence-electron chi connectivity index (χ3n) is 4.11. The van der Waals surface area contributed by atoms with Crippen molar-refractivity contribution in [1.82, 2.24) is 19.9 Å². The molecule has 1 fully saturated rings. The number of aromatic nitrogens is 3. The summed E-state index contributed by atoms with van der Waals surface area (Å²) in [6.07, 6.45) is 7.55. The number of nitrogens with one attached hydrogen (secondary N) is 1. The Labute approximate surface area is 142 Å². The molecule has 24 heavy (non-hydrogen) atoms. The van der Waals surface area contributed by atoms with Gasteiger partial charge in [0.15, 0.2) is 5.82 Å². The highest BCUT2D eigenvalue weighted by Crippen LogP contribution is 2.35. The Morgan fingerprint density at radius 1 is 1.25 bits per heavy atom. The Bertz CT molecular complexity index is 689. The zero-order valence-electron chi connectivity index (χ0n) is 14.1. The second-order valence-corrected chi connectivity index (χ2v) is 6.47. The van der Waals surface area contributed by atoms with E-state index in [0.717, 1.165) is 30.9 Å². The van der Waals surface area contributed by atoms with Crippen LogP contribution in [0.3, 0.4) is 0 Å². The van der Waals surface area contributed by atoms with Crippen molar-refractivity contribution in [3.63, 3.8) is 0 Å². The molecule has 1 aliphatic rings. The molecule has 3 heterocycles. The van der Waals surface area contributed by atoms with E-state index in [1.54, 1.807) is 18.6 Å². The van der Waals surface area contributed by atoms with Crippen molar-refractivity contribution in [2.24, 2.45) is 5.92 Å². The first-order valence-electron chi connectivity index (χ1n) is 8.43. The van der Waals surface area contributed by atoms with Crippen LogP contribution in [0.2, 0.25) is 0 Å². The first-order valence-corrected chi connectivity index (χ1v) is 8.43. The van der Waals surface area contributed by atoms with Crippen LogP contribution in [0.25, 0.3) is 0 Å². The van der Waals surface area contributed by atoms with Crippen LogP contribution in [0.15, 0.2) is 36.8 Å². The third-order valence-corrected chi connectivity index (χ3v) is 4.11. The number of hydrogen-bond acceptors (Lipinski definition) is 5. The number of likely N-dealkylation sites (tertiary alicyclic amines) is 1. The second kappa shape index (κ2) is 7.38. The summed E-state index contributed by atoms with van der Waals surface area (Å²) in [5.41, 5.74) is 0.817. The highest BCUT2D eigenvalue weighted by atomic mass is 16.2. The summed E-state index contributed by atoms with van der Waals surface area (Å²) < 4.78 is 0. The molecule has 0 spiro atoms. The van der Waals surface area contributed by atoms with Crippen LogP contribution in [0.1, 0.15) is 44.8 Å². The minimum Gasteiger partial charge on any atom is -0.334 e. The highest BCUT2D eigenvalue weighted by Gasteiger charge is 2.33. The van der Waals surface area contributed by atoms with Gasteiger partial charge in [-0.2, -0.15) is 0 Å². The predicted octanol–water partition coefficient (Wildman–Crippen LogP) is 3.32. The molecule has 0 aliphatic carbocycles. The fourth-order valence-corrected chi connectivity index (χ4v) is 3.06. The lowest BCUT2D eigenvalue weighted by Crippen LogP contribution is -2.32. The van der Waals surface area contributed by atoms with Crippen LogP contribution in [0.4, 0.5) is 11.6 Å². The zero-order valence-corrected chi connectivity index (χ0v) is 14.1. The molecule has 1 amide bonds. The molecule has 6 nitrogen and oxygen atoms in total. The van der Waals surface area contributed by atoms with Crippen LogP contribution < -0.4 is 5.32 Å². The summed E-state index contributed by atoms with van der Waals surface area (Å²) in [5, 5.41) is 3.23. The number of amides is 1. The lowest BCUT2D eigenvalue weighted by Gasteiger charge is -2.26. The molecule has 0 aromatic carbocycles. The largest absolute Gasteiger partial charge is 0.334 e. The lowest BCUT2D eigenvalue weighted by molar-refractivity contribution is -0.132. The minimum atomic E-state index is -0.0174. The molecule has 1 N–H and O–H groups in total. The van der Waals surface area contributed by atoms with Gasteiger partial charge in [0, 0.05) is 31.6 Å². The van der Waals surface area contributed by atoms with Gasteiger partial charge in [0.1, 0.15) is 11.5 Å². The fourth-order valence-electron chi connectivity index (χ4n) is 3.06. The van der Waals surface area contributed by atoms with Gasteiger partial charge in [-0.25, -0.2) is 9.97 Å². The van der Waals surface area contributed by atoms with Gasteiger partial charge in [-0.05, 0) is 30.9 Å². The van der Waals surface area contributed by atoms with Gasteiger partial charge < -0.3 is 10.2 Å². The van der Waals surface area contributed by atoms with E-state index in [0.29, 0.717) is 18.2 Å². The lowest BCUT2D eigenvalue weighted by atomic mass is 10.1. The number of rotatable bonds is 5. The molecular weight excluding hydrogens is 302 g/mol. The molecule has 2 aromatic heterocycles. The van der Waals surface area contributed by atoms with Crippen molar-refractivity contribution >= 4 is 17.5 Å². The van der Waals surface area contributed by atoms with Gasteiger partial charge in [0.05, 0.1) is 6.04 Å². The van der Waals surface area contributed by atoms with Crippen LogP contribution in [0.5, 0.6) is 0 Å². The third kappa shape index (κ3) is 3.69. The molecule has 6 heteroatoms. The van der Waals surface area contributed by atoms with Gasteiger partial charge in [0.2, 0.25) is 5.91 Å². The maximum absolute atomic E-state index is 12.6. The molecule has 126 valence electrons. The number of carbonyl (C=O) groups excluding carboxylic acids is 1. The molecule has 2 aromatic rings. The number of hydrogen-bond donors (Lipinski definition) is 1. The van der Waals surface area contributed by atoms with Gasteiger partial charge >= 0.3 is 0 Å². The van der Waals surface area contributed by atoms with Crippen molar-refractivity contribution in [1.29, 1.82) is 0 Å². The Morgan fingerprint density at radius 3 is 2.83 bits per heavy atom. The summed E-state index contributed by atoms with van der Waals surface area (Å²) in [5.74, 6) is 1.94. The quantitative estimate of drug-likeness (QED) is 0.913. The average Bonchev–Trinajstić information content (AvgIpc) is 3.05. The van der Waals surface area contributed by atoms with E-state index in [1.165, 1.54) is 0 Å². The normalized spacial score (nSPS) is 17.3. The smallest absolute Gasteiger partial charge is 0.223 e. The summed E-state index contributed by atoms with van der Waals surface area (Å²) in [6.45, 7) is 4.93. The zero-order chi connectivity index (χ0) is 16.9.